The number of hydrogen-bond donors (Lipinski definition) is 1. The number of rotatable bonds is 6. The first-order chi connectivity index (χ1) is 12.5. The zero-order chi connectivity index (χ0) is 18.5. The van der Waals surface area contributed by atoms with Crippen molar-refractivity contribution in [3.63, 3.8) is 0 Å². The van der Waals surface area contributed by atoms with Gasteiger partial charge in [0.2, 0.25) is 5.91 Å². The topological polar surface area (TPSA) is 54.5 Å². The van der Waals surface area contributed by atoms with Crippen molar-refractivity contribution in [3.8, 4) is 0 Å². The second kappa shape index (κ2) is 8.75. The van der Waals surface area contributed by atoms with Gasteiger partial charge in [-0.15, -0.1) is 11.3 Å². The summed E-state index contributed by atoms with van der Waals surface area (Å²) in [7, 11) is 0. The molecule has 1 aromatic heterocycles. The summed E-state index contributed by atoms with van der Waals surface area (Å²) >= 11 is 1.49. The summed E-state index contributed by atoms with van der Waals surface area (Å²) in [5, 5.41) is 5.70. The van der Waals surface area contributed by atoms with Crippen molar-refractivity contribution in [2.75, 3.05) is 18.4 Å². The van der Waals surface area contributed by atoms with Gasteiger partial charge in [-0.25, -0.2) is 4.98 Å². The van der Waals surface area contributed by atoms with E-state index in [2.05, 4.69) is 29.0 Å². The Morgan fingerprint density at radius 1 is 1.31 bits per heavy atom. The third-order valence-electron chi connectivity index (χ3n) is 4.59. The van der Waals surface area contributed by atoms with Crippen LogP contribution in [0.3, 0.4) is 0 Å². The molecule has 2 heterocycles. The highest BCUT2D eigenvalue weighted by atomic mass is 32.1. The number of carbonyl (C=O) groups is 1. The van der Waals surface area contributed by atoms with E-state index in [0.29, 0.717) is 5.13 Å². The average Bonchev–Trinajstić information content (AvgIpc) is 3.02. The molecule has 1 amide bonds. The van der Waals surface area contributed by atoms with Gasteiger partial charge in [-0.1, -0.05) is 37.3 Å². The van der Waals surface area contributed by atoms with Crippen LogP contribution in [-0.4, -0.2) is 41.1 Å². The number of nitrogens with one attached hydrogen (secondary N) is 1. The number of benzene rings is 1. The second-order valence-corrected chi connectivity index (χ2v) is 7.81. The zero-order valence-electron chi connectivity index (χ0n) is 15.6. The minimum atomic E-state index is -0.149. The van der Waals surface area contributed by atoms with Gasteiger partial charge in [-0.2, -0.15) is 0 Å². The average molecular weight is 374 g/mol. The van der Waals surface area contributed by atoms with Crippen molar-refractivity contribution in [2.24, 2.45) is 0 Å². The minimum absolute atomic E-state index is 0.00761. The monoisotopic (exact) mass is 373 g/mol. The maximum absolute atomic E-state index is 12.7. The van der Waals surface area contributed by atoms with Gasteiger partial charge in [0.25, 0.3) is 0 Å². The number of hydrogen-bond acceptors (Lipinski definition) is 5. The molecule has 0 spiro atoms. The van der Waals surface area contributed by atoms with E-state index in [1.807, 2.05) is 42.6 Å². The van der Waals surface area contributed by atoms with Crippen LogP contribution in [0.4, 0.5) is 5.13 Å². The first-order valence-corrected chi connectivity index (χ1v) is 10.1. The van der Waals surface area contributed by atoms with Crippen LogP contribution in [0, 0.1) is 0 Å². The van der Waals surface area contributed by atoms with Crippen LogP contribution in [0.25, 0.3) is 0 Å². The zero-order valence-corrected chi connectivity index (χ0v) is 16.5. The van der Waals surface area contributed by atoms with E-state index in [1.54, 1.807) is 0 Å². The summed E-state index contributed by atoms with van der Waals surface area (Å²) in [4.78, 5) is 19.6. The normalized spacial score (nSPS) is 22.1. The first kappa shape index (κ1) is 19.0. The SMILES string of the molecule is CCC(C(=O)Nc1nc(CN2CC(C)OC(C)C2)cs1)c1ccccc1. The van der Waals surface area contributed by atoms with E-state index in [9.17, 15) is 4.79 Å². The molecule has 26 heavy (non-hydrogen) atoms. The van der Waals surface area contributed by atoms with Gasteiger partial charge in [0, 0.05) is 25.0 Å². The van der Waals surface area contributed by atoms with E-state index in [4.69, 9.17) is 4.74 Å². The quantitative estimate of drug-likeness (QED) is 0.835. The number of ether oxygens (including phenoxy) is 1. The smallest absolute Gasteiger partial charge is 0.233 e. The molecule has 1 saturated heterocycles. The maximum atomic E-state index is 12.7. The third kappa shape index (κ3) is 4.90. The Hall–Kier alpha value is -1.76. The molecule has 1 aromatic carbocycles. The van der Waals surface area contributed by atoms with Crippen molar-refractivity contribution >= 4 is 22.4 Å². The van der Waals surface area contributed by atoms with Crippen molar-refractivity contribution in [2.45, 2.75) is 51.9 Å². The number of amides is 1. The predicted octanol–water partition coefficient (Wildman–Crippen LogP) is 3.88. The number of nitrogens with zero attached hydrogens (tertiary/aromatic N) is 2. The Morgan fingerprint density at radius 3 is 2.65 bits per heavy atom. The van der Waals surface area contributed by atoms with Gasteiger partial charge in [0.15, 0.2) is 5.13 Å². The Balaban J connectivity index is 1.60. The van der Waals surface area contributed by atoms with E-state index in [1.165, 1.54) is 11.3 Å². The molecule has 0 saturated carbocycles. The molecule has 1 fully saturated rings. The van der Waals surface area contributed by atoms with Crippen molar-refractivity contribution in [1.82, 2.24) is 9.88 Å². The number of morpholine rings is 1. The van der Waals surface area contributed by atoms with Crippen LogP contribution in [0.1, 0.15) is 44.4 Å². The molecule has 2 aromatic rings. The summed E-state index contributed by atoms with van der Waals surface area (Å²) < 4.78 is 5.78. The summed E-state index contributed by atoms with van der Waals surface area (Å²) in [6.07, 6.45) is 1.25. The van der Waals surface area contributed by atoms with Gasteiger partial charge in [-0.05, 0) is 25.8 Å². The van der Waals surface area contributed by atoms with Crippen LogP contribution in [0.2, 0.25) is 0 Å². The molecule has 6 heteroatoms. The van der Waals surface area contributed by atoms with Crippen molar-refractivity contribution in [3.05, 3.63) is 47.0 Å². The highest BCUT2D eigenvalue weighted by molar-refractivity contribution is 7.13. The molecule has 3 unspecified atom stereocenters. The summed E-state index contributed by atoms with van der Waals surface area (Å²) in [6.45, 7) is 8.85. The number of aromatic nitrogens is 1. The van der Waals surface area contributed by atoms with E-state index in [-0.39, 0.29) is 24.0 Å². The van der Waals surface area contributed by atoms with Crippen LogP contribution >= 0.6 is 11.3 Å². The van der Waals surface area contributed by atoms with Crippen LogP contribution < -0.4 is 5.32 Å². The third-order valence-corrected chi connectivity index (χ3v) is 5.40. The Kier molecular flexibility index (Phi) is 6.40. The number of thiazole rings is 1. The summed E-state index contributed by atoms with van der Waals surface area (Å²) in [6, 6.07) is 9.91. The van der Waals surface area contributed by atoms with E-state index in [0.717, 1.165) is 37.3 Å². The molecule has 1 N–H and O–H groups in total. The molecule has 0 aliphatic carbocycles. The molecule has 0 radical (unpaired) electrons. The lowest BCUT2D eigenvalue weighted by atomic mass is 9.96. The van der Waals surface area contributed by atoms with Gasteiger partial charge >= 0.3 is 0 Å². The lowest BCUT2D eigenvalue weighted by Crippen LogP contribution is -2.44. The molecule has 1 aliphatic heterocycles. The molecular formula is C20H27N3O2S. The number of carbonyl (C=O) groups excluding carboxylic acids is 1. The fourth-order valence-electron chi connectivity index (χ4n) is 3.53. The standard InChI is InChI=1S/C20H27N3O2S/c1-4-18(16-8-6-5-7-9-16)19(24)22-20-21-17(13-26-20)12-23-10-14(2)25-15(3)11-23/h5-9,13-15,18H,4,10-12H2,1-3H3,(H,21,22,24). The lowest BCUT2D eigenvalue weighted by Gasteiger charge is -2.34. The van der Waals surface area contributed by atoms with E-state index < -0.39 is 0 Å². The molecule has 5 nitrogen and oxygen atoms in total. The summed E-state index contributed by atoms with van der Waals surface area (Å²) in [5.41, 5.74) is 2.04. The fourth-order valence-corrected chi connectivity index (χ4v) is 4.23. The van der Waals surface area contributed by atoms with Crippen molar-refractivity contribution < 1.29 is 9.53 Å². The Labute approximate surface area is 159 Å². The number of anilines is 1. The highest BCUT2D eigenvalue weighted by Crippen LogP contribution is 2.24. The maximum Gasteiger partial charge on any atom is 0.233 e. The molecule has 3 rings (SSSR count). The summed E-state index contributed by atoms with van der Waals surface area (Å²) in [5.74, 6) is -0.141. The Morgan fingerprint density at radius 2 is 2.00 bits per heavy atom. The molecule has 3 atom stereocenters. The van der Waals surface area contributed by atoms with Gasteiger partial charge < -0.3 is 10.1 Å². The second-order valence-electron chi connectivity index (χ2n) is 6.96. The first-order valence-electron chi connectivity index (χ1n) is 9.23. The molecule has 140 valence electrons. The fraction of sp³-hybridized carbons (Fsp3) is 0.500. The van der Waals surface area contributed by atoms with Gasteiger partial charge in [-0.3, -0.25) is 9.69 Å². The van der Waals surface area contributed by atoms with Crippen LogP contribution in [0.15, 0.2) is 35.7 Å². The van der Waals surface area contributed by atoms with E-state index >= 15 is 0 Å². The predicted molar refractivity (Wildman–Crippen MR) is 106 cm³/mol. The Bertz CT molecular complexity index is 709. The molecule has 1 aliphatic rings. The van der Waals surface area contributed by atoms with Crippen LogP contribution in [-0.2, 0) is 16.1 Å². The van der Waals surface area contributed by atoms with Crippen molar-refractivity contribution in [1.29, 1.82) is 0 Å². The van der Waals surface area contributed by atoms with Gasteiger partial charge in [0.05, 0.1) is 23.8 Å². The minimum Gasteiger partial charge on any atom is -0.373 e. The highest BCUT2D eigenvalue weighted by Gasteiger charge is 2.23. The van der Waals surface area contributed by atoms with Crippen LogP contribution in [0.5, 0.6) is 0 Å². The molecular weight excluding hydrogens is 346 g/mol. The lowest BCUT2D eigenvalue weighted by molar-refractivity contribution is -0.117. The largest absolute Gasteiger partial charge is 0.373 e. The van der Waals surface area contributed by atoms with Gasteiger partial charge in [0.1, 0.15) is 0 Å². The molecule has 0 bridgehead atoms.